The molecule has 0 aromatic carbocycles. The zero-order valence-electron chi connectivity index (χ0n) is 15.8. The van der Waals surface area contributed by atoms with Crippen molar-refractivity contribution in [2.24, 2.45) is 0 Å². The monoisotopic (exact) mass is 385 g/mol. The molecule has 0 bridgehead atoms. The molecule has 1 saturated heterocycles. The van der Waals surface area contributed by atoms with Crippen LogP contribution in [0.4, 0.5) is 5.13 Å². The first-order valence-corrected chi connectivity index (χ1v) is 9.87. The molecule has 0 radical (unpaired) electrons. The third kappa shape index (κ3) is 4.43. The average Bonchev–Trinajstić information content (AvgIpc) is 3.38. The molecule has 0 aliphatic carbocycles. The summed E-state index contributed by atoms with van der Waals surface area (Å²) in [5, 5.41) is 21.2. The minimum Gasteiger partial charge on any atom is -0.376 e. The molecule has 0 saturated carbocycles. The topological polar surface area (TPSA) is 92.8 Å². The van der Waals surface area contributed by atoms with Crippen LogP contribution in [0.15, 0.2) is 11.6 Å². The lowest BCUT2D eigenvalue weighted by Gasteiger charge is -2.14. The minimum atomic E-state index is -0.472. The molecule has 0 unspecified atom stereocenters. The fourth-order valence-electron chi connectivity index (χ4n) is 3.16. The lowest BCUT2D eigenvalue weighted by Crippen LogP contribution is -2.17. The van der Waals surface area contributed by atoms with Gasteiger partial charge >= 0.3 is 0 Å². The summed E-state index contributed by atoms with van der Waals surface area (Å²) in [6.07, 6.45) is 4.78. The van der Waals surface area contributed by atoms with Gasteiger partial charge in [0.2, 0.25) is 5.13 Å². The van der Waals surface area contributed by atoms with Gasteiger partial charge in [-0.2, -0.15) is 5.26 Å². The molecule has 3 rings (SSSR count). The summed E-state index contributed by atoms with van der Waals surface area (Å²) in [7, 11) is 0. The number of nitrogens with zero attached hydrogens (tertiary/aromatic N) is 4. The van der Waals surface area contributed by atoms with Crippen molar-refractivity contribution in [2.45, 2.75) is 52.7 Å². The number of nitriles is 1. The standard InChI is InChI=1S/C19H23N5O2S/c1-4-17-22-23-19(27-17)21-18(25)15(10-20)9-14-8-12(2)24(13(14)3)11-16-6-5-7-26-16/h8-9,16H,4-7,11H2,1-3H3,(H,21,23,25)/b15-9+/t16-/m0/s1. The molecule has 8 heteroatoms. The number of aryl methyl sites for hydroxylation is 2. The van der Waals surface area contributed by atoms with Crippen LogP contribution in [-0.4, -0.2) is 33.4 Å². The van der Waals surface area contributed by atoms with Gasteiger partial charge in [-0.05, 0) is 50.8 Å². The van der Waals surface area contributed by atoms with Crippen LogP contribution in [0.3, 0.4) is 0 Å². The highest BCUT2D eigenvalue weighted by molar-refractivity contribution is 7.15. The molecule has 1 fully saturated rings. The summed E-state index contributed by atoms with van der Waals surface area (Å²) in [6.45, 7) is 7.61. The summed E-state index contributed by atoms with van der Waals surface area (Å²) >= 11 is 1.31. The predicted molar refractivity (Wildman–Crippen MR) is 104 cm³/mol. The summed E-state index contributed by atoms with van der Waals surface area (Å²) in [5.74, 6) is -0.472. The van der Waals surface area contributed by atoms with Gasteiger partial charge in [-0.3, -0.25) is 10.1 Å². The van der Waals surface area contributed by atoms with Gasteiger partial charge in [0.05, 0.1) is 6.10 Å². The van der Waals surface area contributed by atoms with Crippen LogP contribution in [-0.2, 0) is 22.5 Å². The first-order chi connectivity index (χ1) is 13.0. The summed E-state index contributed by atoms with van der Waals surface area (Å²) in [4.78, 5) is 12.4. The van der Waals surface area contributed by atoms with Crippen LogP contribution in [0.2, 0.25) is 0 Å². The maximum atomic E-state index is 12.4. The van der Waals surface area contributed by atoms with Crippen molar-refractivity contribution in [1.29, 1.82) is 5.26 Å². The maximum Gasteiger partial charge on any atom is 0.268 e. The molecule has 7 nitrogen and oxygen atoms in total. The second kappa shape index (κ2) is 8.46. The SMILES string of the molecule is CCc1nnc(NC(=O)/C(C#N)=C/c2cc(C)n(C[C@@H]3CCCO3)c2C)s1. The highest BCUT2D eigenvalue weighted by atomic mass is 32.1. The van der Waals surface area contributed by atoms with Crippen LogP contribution in [0.5, 0.6) is 0 Å². The Kier molecular flexibility index (Phi) is 6.04. The maximum absolute atomic E-state index is 12.4. The molecule has 1 atom stereocenters. The van der Waals surface area contributed by atoms with Crippen molar-refractivity contribution in [3.05, 3.63) is 33.6 Å². The van der Waals surface area contributed by atoms with E-state index in [-0.39, 0.29) is 11.7 Å². The van der Waals surface area contributed by atoms with Gasteiger partial charge < -0.3 is 9.30 Å². The normalized spacial score (nSPS) is 17.1. The number of hydrogen-bond acceptors (Lipinski definition) is 6. The van der Waals surface area contributed by atoms with Gasteiger partial charge in [0, 0.05) is 24.5 Å². The van der Waals surface area contributed by atoms with E-state index in [2.05, 4.69) is 20.1 Å². The van der Waals surface area contributed by atoms with Gasteiger partial charge in [0.25, 0.3) is 5.91 Å². The Morgan fingerprint density at radius 2 is 2.33 bits per heavy atom. The number of hydrogen-bond donors (Lipinski definition) is 1. The third-order valence-corrected chi connectivity index (χ3v) is 5.66. The molecule has 2 aromatic rings. The second-order valence-corrected chi connectivity index (χ2v) is 7.61. The Morgan fingerprint density at radius 1 is 1.52 bits per heavy atom. The van der Waals surface area contributed by atoms with Crippen molar-refractivity contribution in [2.75, 3.05) is 11.9 Å². The van der Waals surface area contributed by atoms with Crippen molar-refractivity contribution < 1.29 is 9.53 Å². The first-order valence-electron chi connectivity index (χ1n) is 9.05. The van der Waals surface area contributed by atoms with E-state index in [0.29, 0.717) is 5.13 Å². The van der Waals surface area contributed by atoms with Crippen LogP contribution in [0.25, 0.3) is 6.08 Å². The molecule has 0 spiro atoms. The fraction of sp³-hybridized carbons (Fsp3) is 0.474. The Hall–Kier alpha value is -2.50. The van der Waals surface area contributed by atoms with Crippen LogP contribution in [0, 0.1) is 25.2 Å². The Bertz CT molecular complexity index is 900. The fourth-order valence-corrected chi connectivity index (χ4v) is 3.84. The molecular formula is C19H23N5O2S. The lowest BCUT2D eigenvalue weighted by atomic mass is 10.1. The van der Waals surface area contributed by atoms with Gasteiger partial charge in [0.15, 0.2) is 0 Å². The predicted octanol–water partition coefficient (Wildman–Crippen LogP) is 3.24. The van der Waals surface area contributed by atoms with Gasteiger partial charge in [-0.15, -0.1) is 10.2 Å². The van der Waals surface area contributed by atoms with E-state index in [1.54, 1.807) is 6.08 Å². The number of carbonyl (C=O) groups excluding carboxylic acids is 1. The van der Waals surface area contributed by atoms with E-state index in [1.807, 2.05) is 32.9 Å². The Morgan fingerprint density at radius 3 is 2.96 bits per heavy atom. The smallest absolute Gasteiger partial charge is 0.268 e. The highest BCUT2D eigenvalue weighted by Gasteiger charge is 2.19. The highest BCUT2D eigenvalue weighted by Crippen LogP contribution is 2.23. The molecule has 1 amide bonds. The number of nitrogens with one attached hydrogen (secondary N) is 1. The molecule has 1 aliphatic heterocycles. The minimum absolute atomic E-state index is 0.0422. The quantitative estimate of drug-likeness (QED) is 0.609. The Labute approximate surface area is 162 Å². The van der Waals surface area contributed by atoms with Gasteiger partial charge in [-0.1, -0.05) is 18.3 Å². The molecular weight excluding hydrogens is 362 g/mol. The summed E-state index contributed by atoms with van der Waals surface area (Å²) in [5.41, 5.74) is 3.01. The molecule has 1 aliphatic rings. The van der Waals surface area contributed by atoms with Crippen LogP contribution >= 0.6 is 11.3 Å². The number of ether oxygens (including phenoxy) is 1. The van der Waals surface area contributed by atoms with E-state index >= 15 is 0 Å². The lowest BCUT2D eigenvalue weighted by molar-refractivity contribution is -0.112. The number of anilines is 1. The van der Waals surface area contributed by atoms with Crippen molar-refractivity contribution in [1.82, 2.24) is 14.8 Å². The van der Waals surface area contributed by atoms with E-state index in [1.165, 1.54) is 11.3 Å². The Balaban J connectivity index is 1.78. The van der Waals surface area contributed by atoms with Crippen LogP contribution < -0.4 is 5.32 Å². The van der Waals surface area contributed by atoms with Crippen molar-refractivity contribution in [3.63, 3.8) is 0 Å². The second-order valence-electron chi connectivity index (χ2n) is 6.55. The van der Waals surface area contributed by atoms with Gasteiger partial charge in [-0.25, -0.2) is 0 Å². The number of rotatable bonds is 6. The number of amides is 1. The third-order valence-electron chi connectivity index (χ3n) is 4.68. The van der Waals surface area contributed by atoms with E-state index in [9.17, 15) is 10.1 Å². The van der Waals surface area contributed by atoms with Crippen molar-refractivity contribution >= 4 is 28.5 Å². The molecule has 3 heterocycles. The molecule has 2 aromatic heterocycles. The summed E-state index contributed by atoms with van der Waals surface area (Å²) < 4.78 is 7.92. The van der Waals surface area contributed by atoms with E-state index < -0.39 is 5.91 Å². The zero-order chi connectivity index (χ0) is 19.4. The van der Waals surface area contributed by atoms with Crippen LogP contribution in [0.1, 0.15) is 41.7 Å². The number of carbonyl (C=O) groups is 1. The molecule has 27 heavy (non-hydrogen) atoms. The first kappa shape index (κ1) is 19.3. The largest absolute Gasteiger partial charge is 0.376 e. The summed E-state index contributed by atoms with van der Waals surface area (Å²) in [6, 6.07) is 3.99. The van der Waals surface area contributed by atoms with Gasteiger partial charge in [0.1, 0.15) is 16.6 Å². The molecule has 142 valence electrons. The van der Waals surface area contributed by atoms with E-state index in [4.69, 9.17) is 4.74 Å². The zero-order valence-corrected chi connectivity index (χ0v) is 16.6. The van der Waals surface area contributed by atoms with Crippen molar-refractivity contribution in [3.8, 4) is 6.07 Å². The average molecular weight is 385 g/mol. The van der Waals surface area contributed by atoms with E-state index in [0.717, 1.165) is 54.4 Å². The number of aromatic nitrogens is 3. The molecule has 1 N–H and O–H groups in total.